The second kappa shape index (κ2) is 12.6. The molecule has 0 bridgehead atoms. The number of Topliss-reactive ketones (excluding diaryl/α,β-unsaturated/α-hetero) is 1. The number of carbonyl (C=O) groups is 2. The quantitative estimate of drug-likeness (QED) is 0.125. The second-order valence-electron chi connectivity index (χ2n) is 10.9. The normalized spacial score (nSPS) is 12.1. The Hall–Kier alpha value is -5.60. The molecule has 6 aromatic rings. The lowest BCUT2D eigenvalue weighted by atomic mass is 9.77. The summed E-state index contributed by atoms with van der Waals surface area (Å²) in [6.45, 7) is 2.88. The highest BCUT2D eigenvalue weighted by Crippen LogP contribution is 2.43. The van der Waals surface area contributed by atoms with E-state index >= 15 is 0 Å². The summed E-state index contributed by atoms with van der Waals surface area (Å²) in [6.07, 6.45) is 0. The zero-order valence-corrected chi connectivity index (χ0v) is 25.0. The molecule has 3 N–H and O–H groups in total. The smallest absolute Gasteiger partial charge is 0.320 e. The van der Waals surface area contributed by atoms with Crippen LogP contribution in [0.1, 0.15) is 58.3 Å². The fourth-order valence-electron chi connectivity index (χ4n) is 5.97. The van der Waals surface area contributed by atoms with Crippen LogP contribution in [0.4, 0.5) is 10.6 Å². The molecule has 45 heavy (non-hydrogen) atoms. The maximum atomic E-state index is 13.2. The van der Waals surface area contributed by atoms with E-state index in [1.54, 1.807) is 6.07 Å². The summed E-state index contributed by atoms with van der Waals surface area (Å²) in [5, 5.41) is 21.7. The summed E-state index contributed by atoms with van der Waals surface area (Å²) in [6, 6.07) is 40.5. The van der Waals surface area contributed by atoms with Crippen LogP contribution in [0.2, 0.25) is 0 Å². The minimum atomic E-state index is -1.04. The number of hydrogen-bond acceptors (Lipinski definition) is 5. The van der Waals surface area contributed by atoms with Gasteiger partial charge in [0.15, 0.2) is 5.78 Å². The molecule has 8 nitrogen and oxygen atoms in total. The van der Waals surface area contributed by atoms with E-state index in [1.807, 2.05) is 133 Å². The Balaban J connectivity index is 1.60. The number of carbonyl (C=O) groups excluding carboxylic acids is 2. The fourth-order valence-corrected chi connectivity index (χ4v) is 5.97. The number of amides is 2. The molecule has 0 aliphatic carbocycles. The topological polar surface area (TPSA) is 109 Å². The number of aliphatic hydroxyl groups is 1. The van der Waals surface area contributed by atoms with E-state index in [9.17, 15) is 14.7 Å². The number of fused-ring (bicyclic) bond motifs is 1. The summed E-state index contributed by atoms with van der Waals surface area (Å²) < 4.78 is 1.83. The van der Waals surface area contributed by atoms with Crippen LogP contribution < -0.4 is 10.6 Å². The van der Waals surface area contributed by atoms with E-state index in [0.29, 0.717) is 10.9 Å². The first-order valence-corrected chi connectivity index (χ1v) is 14.8. The van der Waals surface area contributed by atoms with Gasteiger partial charge in [0.05, 0.1) is 29.2 Å². The Kier molecular flexibility index (Phi) is 8.22. The van der Waals surface area contributed by atoms with Crippen molar-refractivity contribution >= 4 is 28.5 Å². The van der Waals surface area contributed by atoms with Gasteiger partial charge in [-0.2, -0.15) is 5.10 Å². The largest absolute Gasteiger partial charge is 0.390 e. The van der Waals surface area contributed by atoms with Gasteiger partial charge < -0.3 is 10.4 Å². The average molecular weight is 596 g/mol. The third-order valence-corrected chi connectivity index (χ3v) is 8.00. The highest BCUT2D eigenvalue weighted by atomic mass is 16.3. The lowest BCUT2D eigenvalue weighted by molar-refractivity contribution is 0.101. The van der Waals surface area contributed by atoms with E-state index in [-0.39, 0.29) is 29.0 Å². The number of benzene rings is 4. The van der Waals surface area contributed by atoms with Crippen molar-refractivity contribution in [1.82, 2.24) is 20.1 Å². The van der Waals surface area contributed by atoms with Crippen LogP contribution in [0.25, 0.3) is 10.9 Å². The monoisotopic (exact) mass is 595 g/mol. The molecule has 4 aromatic carbocycles. The van der Waals surface area contributed by atoms with Crippen LogP contribution in [0.15, 0.2) is 127 Å². The number of ketones is 1. The van der Waals surface area contributed by atoms with Crippen LogP contribution in [-0.2, 0) is 12.1 Å². The molecule has 0 radical (unpaired) electrons. The molecule has 0 aliphatic rings. The third-order valence-electron chi connectivity index (χ3n) is 8.00. The first-order chi connectivity index (χ1) is 21.9. The van der Waals surface area contributed by atoms with Crippen molar-refractivity contribution in [3.63, 3.8) is 0 Å². The Morgan fingerprint density at radius 2 is 1.29 bits per heavy atom. The highest BCUT2D eigenvalue weighted by Gasteiger charge is 2.41. The van der Waals surface area contributed by atoms with Gasteiger partial charge in [0.2, 0.25) is 0 Å². The molecule has 0 spiro atoms. The van der Waals surface area contributed by atoms with E-state index in [4.69, 9.17) is 5.10 Å². The van der Waals surface area contributed by atoms with Crippen molar-refractivity contribution in [1.29, 1.82) is 0 Å². The van der Waals surface area contributed by atoms with Crippen molar-refractivity contribution in [2.45, 2.75) is 32.0 Å². The number of nitrogens with one attached hydrogen (secondary N) is 2. The van der Waals surface area contributed by atoms with Crippen LogP contribution in [0, 0.1) is 0 Å². The number of rotatable bonds is 9. The summed E-state index contributed by atoms with van der Waals surface area (Å²) in [4.78, 5) is 30.9. The van der Waals surface area contributed by atoms with E-state index in [0.717, 1.165) is 22.3 Å². The molecule has 6 rings (SSSR count). The Morgan fingerprint density at radius 1 is 0.800 bits per heavy atom. The number of urea groups is 1. The first kappa shape index (κ1) is 29.5. The van der Waals surface area contributed by atoms with Gasteiger partial charge >= 0.3 is 6.03 Å². The Morgan fingerprint density at radius 3 is 1.76 bits per heavy atom. The number of aromatic nitrogens is 3. The molecule has 2 heterocycles. The van der Waals surface area contributed by atoms with Gasteiger partial charge in [0.25, 0.3) is 0 Å². The molecule has 0 saturated heterocycles. The SMILES string of the molecule is CC(=O)c1nn(C(c2ccccc2)(c2ccccc2)c2ccccc2)c2cc(NC(=O)NC(C)c3ccccc3)nc(CO)c12. The number of aliphatic hydroxyl groups excluding tert-OH is 1. The molecule has 2 aromatic heterocycles. The molecule has 8 heteroatoms. The maximum absolute atomic E-state index is 13.2. The van der Waals surface area contributed by atoms with Gasteiger partial charge in [-0.05, 0) is 29.2 Å². The molecule has 1 atom stereocenters. The maximum Gasteiger partial charge on any atom is 0.320 e. The zero-order valence-electron chi connectivity index (χ0n) is 25.0. The van der Waals surface area contributed by atoms with Crippen molar-refractivity contribution in [2.24, 2.45) is 0 Å². The molecular formula is C37H33N5O3. The molecule has 0 aliphatic heterocycles. The lowest BCUT2D eigenvalue weighted by Gasteiger charge is -2.37. The molecular weight excluding hydrogens is 562 g/mol. The standard InChI is InChI=1S/C37H33N5O3/c1-25(27-15-7-3-8-16-27)38-36(45)40-33-23-32-34(31(24-43)39-33)35(26(2)44)41-42(32)37(28-17-9-4-10-18-28,29-19-11-5-12-20-29)30-21-13-6-14-22-30/h3-23,25,43H,24H2,1-2H3,(H2,38,39,40,45). The minimum absolute atomic E-state index is 0.183. The fraction of sp³-hybridized carbons (Fsp3) is 0.135. The average Bonchev–Trinajstić information content (AvgIpc) is 3.47. The van der Waals surface area contributed by atoms with Crippen molar-refractivity contribution in [2.75, 3.05) is 5.32 Å². The van der Waals surface area contributed by atoms with Crippen molar-refractivity contribution < 1.29 is 14.7 Å². The second-order valence-corrected chi connectivity index (χ2v) is 10.9. The van der Waals surface area contributed by atoms with Gasteiger partial charge in [-0.15, -0.1) is 0 Å². The number of hydrogen-bond donors (Lipinski definition) is 3. The number of nitrogens with zero attached hydrogens (tertiary/aromatic N) is 3. The third kappa shape index (κ3) is 5.47. The first-order valence-electron chi connectivity index (χ1n) is 14.8. The van der Waals surface area contributed by atoms with Crippen LogP contribution in [-0.4, -0.2) is 31.7 Å². The number of anilines is 1. The van der Waals surface area contributed by atoms with Crippen molar-refractivity contribution in [3.8, 4) is 0 Å². The summed E-state index contributed by atoms with van der Waals surface area (Å²) in [5.41, 5.74) is 3.60. The number of pyridine rings is 1. The highest BCUT2D eigenvalue weighted by molar-refractivity contribution is 6.07. The molecule has 224 valence electrons. The van der Waals surface area contributed by atoms with Crippen LogP contribution in [0.3, 0.4) is 0 Å². The molecule has 2 amide bonds. The van der Waals surface area contributed by atoms with Gasteiger partial charge in [0.1, 0.15) is 17.1 Å². The van der Waals surface area contributed by atoms with E-state index in [1.165, 1.54) is 6.92 Å². The van der Waals surface area contributed by atoms with Crippen molar-refractivity contribution in [3.05, 3.63) is 161 Å². The lowest BCUT2D eigenvalue weighted by Crippen LogP contribution is -2.38. The van der Waals surface area contributed by atoms with Gasteiger partial charge in [-0.1, -0.05) is 121 Å². The van der Waals surface area contributed by atoms with Crippen LogP contribution >= 0.6 is 0 Å². The summed E-state index contributed by atoms with van der Waals surface area (Å²) >= 11 is 0. The Bertz CT molecular complexity index is 1850. The van der Waals surface area contributed by atoms with Gasteiger partial charge in [-0.25, -0.2) is 14.5 Å². The molecule has 0 fully saturated rings. The minimum Gasteiger partial charge on any atom is -0.390 e. The van der Waals surface area contributed by atoms with Crippen LogP contribution in [0.5, 0.6) is 0 Å². The molecule has 0 saturated carbocycles. The molecule has 1 unspecified atom stereocenters. The summed E-state index contributed by atoms with van der Waals surface area (Å²) in [7, 11) is 0. The predicted octanol–water partition coefficient (Wildman–Crippen LogP) is 6.85. The zero-order chi connectivity index (χ0) is 31.4. The van der Waals surface area contributed by atoms with E-state index in [2.05, 4.69) is 15.6 Å². The van der Waals surface area contributed by atoms with Gasteiger partial charge in [-0.3, -0.25) is 10.1 Å². The van der Waals surface area contributed by atoms with E-state index < -0.39 is 18.2 Å². The Labute approximate surface area is 261 Å². The summed E-state index contributed by atoms with van der Waals surface area (Å²) in [5.74, 6) is -0.0582. The van der Waals surface area contributed by atoms with Gasteiger partial charge in [0, 0.05) is 13.0 Å². The predicted molar refractivity (Wildman–Crippen MR) is 175 cm³/mol.